The molecule has 0 aliphatic carbocycles. The van der Waals surface area contributed by atoms with E-state index in [0.29, 0.717) is 12.1 Å². The summed E-state index contributed by atoms with van der Waals surface area (Å²) in [6, 6.07) is 5.58. The Hall–Kier alpha value is -1.38. The highest BCUT2D eigenvalue weighted by Crippen LogP contribution is 2.25. The van der Waals surface area contributed by atoms with Gasteiger partial charge < -0.3 is 0 Å². The molecule has 0 heterocycles. The van der Waals surface area contributed by atoms with E-state index < -0.39 is 0 Å². The molecule has 0 amide bonds. The molecule has 0 saturated heterocycles. The molecule has 3 nitrogen and oxygen atoms in total. The Balaban J connectivity index is 3.20. The van der Waals surface area contributed by atoms with E-state index in [9.17, 15) is 10.1 Å². The van der Waals surface area contributed by atoms with Crippen molar-refractivity contribution in [3.05, 3.63) is 39.4 Å². The van der Waals surface area contributed by atoms with Gasteiger partial charge in [-0.05, 0) is 12.8 Å². The van der Waals surface area contributed by atoms with Crippen LogP contribution in [0.2, 0.25) is 0 Å². The lowest BCUT2D eigenvalue weighted by Crippen LogP contribution is -1.99. The van der Waals surface area contributed by atoms with Crippen LogP contribution < -0.4 is 0 Å². The lowest BCUT2D eigenvalue weighted by atomic mass is 10.0. The molecule has 76 valence electrons. The van der Waals surface area contributed by atoms with Crippen molar-refractivity contribution >= 4 is 5.69 Å². The molecule has 1 aromatic carbocycles. The van der Waals surface area contributed by atoms with Crippen molar-refractivity contribution in [3.8, 4) is 0 Å². The number of nitrogens with zero attached hydrogens (tertiary/aromatic N) is 1. The van der Waals surface area contributed by atoms with Crippen molar-refractivity contribution in [1.82, 2.24) is 0 Å². The summed E-state index contributed by atoms with van der Waals surface area (Å²) >= 11 is 0. The molecule has 0 aliphatic rings. The molecule has 0 saturated carbocycles. The third-order valence-electron chi connectivity index (χ3n) is 2.29. The van der Waals surface area contributed by atoms with Crippen LogP contribution in [0.1, 0.15) is 31.4 Å². The second-order valence-corrected chi connectivity index (χ2v) is 3.29. The second-order valence-electron chi connectivity index (χ2n) is 3.29. The first-order valence-electron chi connectivity index (χ1n) is 4.95. The number of rotatable bonds is 4. The highest BCUT2D eigenvalue weighted by Gasteiger charge is 2.16. The summed E-state index contributed by atoms with van der Waals surface area (Å²) in [6.45, 7) is 3.97. The van der Waals surface area contributed by atoms with Crippen LogP contribution in [-0.2, 0) is 12.8 Å². The summed E-state index contributed by atoms with van der Waals surface area (Å²) in [5.74, 6) is 0. The van der Waals surface area contributed by atoms with Crippen LogP contribution in [-0.4, -0.2) is 4.92 Å². The predicted octanol–water partition coefficient (Wildman–Crippen LogP) is 3.11. The first kappa shape index (κ1) is 10.7. The average molecular weight is 193 g/mol. The number of para-hydroxylation sites is 1. The molecular formula is C11H15NO2. The summed E-state index contributed by atoms with van der Waals surface area (Å²) in [5.41, 5.74) is 2.01. The number of hydrogen-bond donors (Lipinski definition) is 0. The first-order chi connectivity index (χ1) is 6.70. The van der Waals surface area contributed by atoms with Gasteiger partial charge in [-0.3, -0.25) is 10.1 Å². The summed E-state index contributed by atoms with van der Waals surface area (Å²) in [7, 11) is 0. The predicted molar refractivity (Wildman–Crippen MR) is 56.5 cm³/mol. The van der Waals surface area contributed by atoms with Gasteiger partial charge in [0.15, 0.2) is 0 Å². The molecule has 1 rings (SSSR count). The van der Waals surface area contributed by atoms with Crippen LogP contribution in [0.3, 0.4) is 0 Å². The molecule has 0 atom stereocenters. The fourth-order valence-electron chi connectivity index (χ4n) is 1.64. The largest absolute Gasteiger partial charge is 0.275 e. The van der Waals surface area contributed by atoms with E-state index in [1.165, 1.54) is 0 Å². The molecule has 0 aliphatic heterocycles. The maximum absolute atomic E-state index is 10.9. The van der Waals surface area contributed by atoms with Crippen LogP contribution in [0, 0.1) is 10.1 Å². The van der Waals surface area contributed by atoms with Gasteiger partial charge in [0.05, 0.1) is 4.92 Å². The number of hydrogen-bond acceptors (Lipinski definition) is 2. The minimum absolute atomic E-state index is 0.260. The summed E-state index contributed by atoms with van der Waals surface area (Å²) in [4.78, 5) is 10.6. The molecule has 0 bridgehead atoms. The van der Waals surface area contributed by atoms with Gasteiger partial charge in [-0.1, -0.05) is 38.5 Å². The van der Waals surface area contributed by atoms with Crippen molar-refractivity contribution in [1.29, 1.82) is 0 Å². The van der Waals surface area contributed by atoms with Gasteiger partial charge in [-0.2, -0.15) is 0 Å². The standard InChI is InChI=1S/C11H15NO2/c1-3-6-10-8-5-7-9(4-2)11(10)12(13)14/h5,7-8H,3-4,6H2,1-2H3. The van der Waals surface area contributed by atoms with Gasteiger partial charge in [-0.15, -0.1) is 0 Å². The first-order valence-corrected chi connectivity index (χ1v) is 4.95. The average Bonchev–Trinajstić information content (AvgIpc) is 2.17. The van der Waals surface area contributed by atoms with Crippen molar-refractivity contribution < 1.29 is 4.92 Å². The molecular weight excluding hydrogens is 178 g/mol. The summed E-state index contributed by atoms with van der Waals surface area (Å²) in [6.07, 6.45) is 2.44. The van der Waals surface area contributed by atoms with Gasteiger partial charge in [0.2, 0.25) is 0 Å². The van der Waals surface area contributed by atoms with Crippen LogP contribution in [0.5, 0.6) is 0 Å². The zero-order valence-corrected chi connectivity index (χ0v) is 8.62. The SMILES string of the molecule is CCCc1cccc(CC)c1[N+](=O)[O-]. The van der Waals surface area contributed by atoms with Crippen LogP contribution >= 0.6 is 0 Å². The number of benzene rings is 1. The van der Waals surface area contributed by atoms with Crippen molar-refractivity contribution in [2.75, 3.05) is 0 Å². The fraction of sp³-hybridized carbons (Fsp3) is 0.455. The molecule has 1 aromatic rings. The second kappa shape index (κ2) is 4.74. The van der Waals surface area contributed by atoms with Crippen molar-refractivity contribution in [2.24, 2.45) is 0 Å². The Morgan fingerprint density at radius 3 is 2.43 bits per heavy atom. The smallest absolute Gasteiger partial charge is 0.258 e. The van der Waals surface area contributed by atoms with E-state index >= 15 is 0 Å². The Morgan fingerprint density at radius 2 is 1.93 bits per heavy atom. The third kappa shape index (κ3) is 2.10. The van der Waals surface area contributed by atoms with Gasteiger partial charge >= 0.3 is 0 Å². The van der Waals surface area contributed by atoms with Crippen molar-refractivity contribution in [2.45, 2.75) is 33.1 Å². The molecule has 14 heavy (non-hydrogen) atoms. The maximum atomic E-state index is 10.9. The summed E-state index contributed by atoms with van der Waals surface area (Å²) < 4.78 is 0. The Labute approximate surface area is 83.9 Å². The minimum atomic E-state index is -0.260. The maximum Gasteiger partial charge on any atom is 0.275 e. The van der Waals surface area contributed by atoms with Crippen LogP contribution in [0.25, 0.3) is 0 Å². The van der Waals surface area contributed by atoms with E-state index in [1.807, 2.05) is 32.0 Å². The molecule has 0 radical (unpaired) electrons. The van der Waals surface area contributed by atoms with E-state index in [0.717, 1.165) is 24.0 Å². The number of nitro benzene ring substituents is 1. The van der Waals surface area contributed by atoms with Crippen molar-refractivity contribution in [3.63, 3.8) is 0 Å². The Morgan fingerprint density at radius 1 is 1.29 bits per heavy atom. The van der Waals surface area contributed by atoms with E-state index in [1.54, 1.807) is 0 Å². The quantitative estimate of drug-likeness (QED) is 0.544. The zero-order chi connectivity index (χ0) is 10.6. The van der Waals surface area contributed by atoms with E-state index in [-0.39, 0.29) is 4.92 Å². The van der Waals surface area contributed by atoms with Gasteiger partial charge in [-0.25, -0.2) is 0 Å². The van der Waals surface area contributed by atoms with Gasteiger partial charge in [0, 0.05) is 11.1 Å². The lowest BCUT2D eigenvalue weighted by Gasteiger charge is -2.04. The minimum Gasteiger partial charge on any atom is -0.258 e. The molecule has 0 aromatic heterocycles. The van der Waals surface area contributed by atoms with Crippen LogP contribution in [0.15, 0.2) is 18.2 Å². The molecule has 0 fully saturated rings. The summed E-state index contributed by atoms with van der Waals surface area (Å²) in [5, 5.41) is 10.9. The zero-order valence-electron chi connectivity index (χ0n) is 8.62. The van der Waals surface area contributed by atoms with Gasteiger partial charge in [0.25, 0.3) is 5.69 Å². The monoisotopic (exact) mass is 193 g/mol. The molecule has 0 spiro atoms. The van der Waals surface area contributed by atoms with Gasteiger partial charge in [0.1, 0.15) is 0 Å². The topological polar surface area (TPSA) is 43.1 Å². The van der Waals surface area contributed by atoms with Crippen LogP contribution in [0.4, 0.5) is 5.69 Å². The normalized spacial score (nSPS) is 10.1. The lowest BCUT2D eigenvalue weighted by molar-refractivity contribution is -0.386. The molecule has 0 unspecified atom stereocenters. The highest BCUT2D eigenvalue weighted by atomic mass is 16.6. The Bertz CT molecular complexity index is 334. The molecule has 0 N–H and O–H groups in total. The molecule has 3 heteroatoms. The number of nitro groups is 1. The fourth-order valence-corrected chi connectivity index (χ4v) is 1.64. The highest BCUT2D eigenvalue weighted by molar-refractivity contribution is 5.47. The third-order valence-corrected chi connectivity index (χ3v) is 2.29. The Kier molecular flexibility index (Phi) is 3.63. The number of aryl methyl sites for hydroxylation is 2. The van der Waals surface area contributed by atoms with E-state index in [4.69, 9.17) is 0 Å². The van der Waals surface area contributed by atoms with E-state index in [2.05, 4.69) is 0 Å².